The maximum absolute atomic E-state index is 11.8. The summed E-state index contributed by atoms with van der Waals surface area (Å²) in [6.45, 7) is 2.67. The molecule has 1 aliphatic heterocycles. The molecule has 1 amide bonds. The normalized spacial score (nSPS) is 16.2. The number of amides is 1. The van der Waals surface area contributed by atoms with E-state index >= 15 is 0 Å². The van der Waals surface area contributed by atoms with Crippen molar-refractivity contribution < 1.29 is 13.2 Å². The van der Waals surface area contributed by atoms with Crippen molar-refractivity contribution in [2.24, 2.45) is 11.1 Å². The molecular formula is C16H25N3O3S. The first-order chi connectivity index (χ1) is 10.9. The fourth-order valence-electron chi connectivity index (χ4n) is 2.79. The molecule has 2 rings (SSSR count). The van der Waals surface area contributed by atoms with E-state index < -0.39 is 10.0 Å². The summed E-state index contributed by atoms with van der Waals surface area (Å²) in [7, 11) is -3.65. The fourth-order valence-corrected chi connectivity index (χ4v) is 3.30. The molecule has 0 atom stereocenters. The van der Waals surface area contributed by atoms with Gasteiger partial charge < -0.3 is 10.6 Å². The van der Waals surface area contributed by atoms with Gasteiger partial charge in [0.15, 0.2) is 0 Å². The molecule has 0 aliphatic carbocycles. The molecule has 23 heavy (non-hydrogen) atoms. The molecule has 7 heteroatoms. The molecule has 4 N–H and O–H groups in total. The molecule has 1 fully saturated rings. The highest BCUT2D eigenvalue weighted by Gasteiger charge is 2.14. The van der Waals surface area contributed by atoms with E-state index in [9.17, 15) is 13.2 Å². The average molecular weight is 339 g/mol. The van der Waals surface area contributed by atoms with Gasteiger partial charge in [-0.15, -0.1) is 0 Å². The van der Waals surface area contributed by atoms with Crippen LogP contribution in [0.1, 0.15) is 31.2 Å². The van der Waals surface area contributed by atoms with Crippen LogP contribution in [0.5, 0.6) is 0 Å². The van der Waals surface area contributed by atoms with Crippen LogP contribution in [-0.2, 0) is 21.2 Å². The number of hydrogen-bond donors (Lipinski definition) is 3. The molecule has 128 valence electrons. The number of piperidine rings is 1. The standard InChI is InChI=1S/C16H25N3O3S/c17-23(21,22)15-4-1-13(2-5-15)9-12-19-16(20)6-3-14-7-10-18-11-8-14/h1-2,4-5,14,18H,3,6-12H2,(H,19,20)(H2,17,21,22). The minimum atomic E-state index is -3.65. The number of primary sulfonamides is 1. The van der Waals surface area contributed by atoms with Gasteiger partial charge >= 0.3 is 0 Å². The quantitative estimate of drug-likeness (QED) is 0.683. The summed E-state index contributed by atoms with van der Waals surface area (Å²) in [6, 6.07) is 6.43. The monoisotopic (exact) mass is 339 g/mol. The highest BCUT2D eigenvalue weighted by atomic mass is 32.2. The number of benzene rings is 1. The summed E-state index contributed by atoms with van der Waals surface area (Å²) in [5.74, 6) is 0.748. The molecule has 1 aromatic rings. The molecule has 0 saturated carbocycles. The Morgan fingerprint density at radius 2 is 1.87 bits per heavy atom. The molecule has 0 spiro atoms. The third-order valence-electron chi connectivity index (χ3n) is 4.23. The van der Waals surface area contributed by atoms with E-state index in [0.717, 1.165) is 37.9 Å². The number of sulfonamides is 1. The second-order valence-corrected chi connectivity index (χ2v) is 7.58. The summed E-state index contributed by atoms with van der Waals surface area (Å²) >= 11 is 0. The number of carbonyl (C=O) groups excluding carboxylic acids is 1. The number of nitrogens with one attached hydrogen (secondary N) is 2. The van der Waals surface area contributed by atoms with Gasteiger partial charge in [0, 0.05) is 13.0 Å². The van der Waals surface area contributed by atoms with Crippen LogP contribution in [-0.4, -0.2) is 34.0 Å². The van der Waals surface area contributed by atoms with Gasteiger partial charge in [-0.2, -0.15) is 0 Å². The lowest BCUT2D eigenvalue weighted by Gasteiger charge is -2.22. The Morgan fingerprint density at radius 1 is 1.22 bits per heavy atom. The topological polar surface area (TPSA) is 101 Å². The zero-order chi connectivity index (χ0) is 16.7. The molecule has 6 nitrogen and oxygen atoms in total. The first kappa shape index (κ1) is 17.9. The summed E-state index contributed by atoms with van der Waals surface area (Å²) in [6.07, 6.45) is 4.52. The van der Waals surface area contributed by atoms with Crippen LogP contribution in [0.15, 0.2) is 29.2 Å². The molecular weight excluding hydrogens is 314 g/mol. The number of hydrogen-bond acceptors (Lipinski definition) is 4. The molecule has 1 aliphatic rings. The summed E-state index contributed by atoms with van der Waals surface area (Å²) in [5.41, 5.74) is 0.969. The molecule has 1 saturated heterocycles. The van der Waals surface area contributed by atoms with E-state index in [1.807, 2.05) is 0 Å². The molecule has 1 aromatic carbocycles. The molecule has 1 heterocycles. The SMILES string of the molecule is NS(=O)(=O)c1ccc(CCNC(=O)CCC2CCNCC2)cc1. The molecule has 0 unspecified atom stereocenters. The van der Waals surface area contributed by atoms with Crippen LogP contribution in [0.3, 0.4) is 0 Å². The second kappa shape index (κ2) is 8.42. The van der Waals surface area contributed by atoms with Crippen molar-refractivity contribution in [2.75, 3.05) is 19.6 Å². The third-order valence-corrected chi connectivity index (χ3v) is 5.16. The van der Waals surface area contributed by atoms with Crippen LogP contribution in [0, 0.1) is 5.92 Å². The predicted molar refractivity (Wildman–Crippen MR) is 89.4 cm³/mol. The van der Waals surface area contributed by atoms with Gasteiger partial charge in [-0.25, -0.2) is 13.6 Å². The minimum Gasteiger partial charge on any atom is -0.356 e. The van der Waals surface area contributed by atoms with E-state index in [1.54, 1.807) is 12.1 Å². The maximum atomic E-state index is 11.8. The lowest BCUT2D eigenvalue weighted by molar-refractivity contribution is -0.121. The maximum Gasteiger partial charge on any atom is 0.238 e. The third kappa shape index (κ3) is 6.29. The van der Waals surface area contributed by atoms with Crippen molar-refractivity contribution in [3.8, 4) is 0 Å². The molecule has 0 bridgehead atoms. The summed E-state index contributed by atoms with van der Waals surface area (Å²) < 4.78 is 22.3. The van der Waals surface area contributed by atoms with Crippen molar-refractivity contribution in [3.05, 3.63) is 29.8 Å². The Labute approximate surface area is 137 Å². The van der Waals surface area contributed by atoms with Gasteiger partial charge in [0.1, 0.15) is 0 Å². The van der Waals surface area contributed by atoms with Crippen LogP contribution in [0.25, 0.3) is 0 Å². The van der Waals surface area contributed by atoms with E-state index in [-0.39, 0.29) is 10.8 Å². The average Bonchev–Trinajstić information content (AvgIpc) is 2.53. The summed E-state index contributed by atoms with van der Waals surface area (Å²) in [5, 5.41) is 11.3. The molecule has 0 radical (unpaired) electrons. The predicted octanol–water partition coefficient (Wildman–Crippen LogP) is 0.772. The zero-order valence-corrected chi connectivity index (χ0v) is 14.1. The van der Waals surface area contributed by atoms with Gasteiger partial charge in [-0.1, -0.05) is 12.1 Å². The largest absolute Gasteiger partial charge is 0.356 e. The fraction of sp³-hybridized carbons (Fsp3) is 0.562. The Balaban J connectivity index is 1.66. The lowest BCUT2D eigenvalue weighted by atomic mass is 9.93. The van der Waals surface area contributed by atoms with Crippen LogP contribution < -0.4 is 15.8 Å². The van der Waals surface area contributed by atoms with Gasteiger partial charge in [-0.05, 0) is 62.4 Å². The van der Waals surface area contributed by atoms with Crippen molar-refractivity contribution in [2.45, 2.75) is 37.0 Å². The first-order valence-corrected chi connectivity index (χ1v) is 9.59. The van der Waals surface area contributed by atoms with Crippen LogP contribution in [0.2, 0.25) is 0 Å². The highest BCUT2D eigenvalue weighted by Crippen LogP contribution is 2.17. The lowest BCUT2D eigenvalue weighted by Crippen LogP contribution is -2.30. The minimum absolute atomic E-state index is 0.0877. The van der Waals surface area contributed by atoms with Crippen molar-refractivity contribution in [3.63, 3.8) is 0 Å². The zero-order valence-electron chi connectivity index (χ0n) is 13.3. The first-order valence-electron chi connectivity index (χ1n) is 8.04. The Bertz CT molecular complexity index is 608. The van der Waals surface area contributed by atoms with E-state index in [2.05, 4.69) is 10.6 Å². The van der Waals surface area contributed by atoms with Crippen molar-refractivity contribution in [1.82, 2.24) is 10.6 Å². The Hall–Kier alpha value is -1.44. The van der Waals surface area contributed by atoms with E-state index in [1.165, 1.54) is 12.1 Å². The van der Waals surface area contributed by atoms with Gasteiger partial charge in [0.05, 0.1) is 4.90 Å². The highest BCUT2D eigenvalue weighted by molar-refractivity contribution is 7.89. The van der Waals surface area contributed by atoms with Crippen LogP contribution >= 0.6 is 0 Å². The van der Waals surface area contributed by atoms with Crippen LogP contribution in [0.4, 0.5) is 0 Å². The number of nitrogens with two attached hydrogens (primary N) is 1. The van der Waals surface area contributed by atoms with Gasteiger partial charge in [0.2, 0.25) is 15.9 Å². The van der Waals surface area contributed by atoms with Crippen molar-refractivity contribution in [1.29, 1.82) is 0 Å². The van der Waals surface area contributed by atoms with E-state index in [4.69, 9.17) is 5.14 Å². The second-order valence-electron chi connectivity index (χ2n) is 6.02. The van der Waals surface area contributed by atoms with Crippen molar-refractivity contribution >= 4 is 15.9 Å². The Kier molecular flexibility index (Phi) is 6.56. The smallest absolute Gasteiger partial charge is 0.238 e. The number of carbonyl (C=O) groups is 1. The van der Waals surface area contributed by atoms with E-state index in [0.29, 0.717) is 25.3 Å². The van der Waals surface area contributed by atoms with Gasteiger partial charge in [-0.3, -0.25) is 4.79 Å². The van der Waals surface area contributed by atoms with Gasteiger partial charge in [0.25, 0.3) is 0 Å². The summed E-state index contributed by atoms with van der Waals surface area (Å²) in [4.78, 5) is 11.9. The number of rotatable bonds is 7. The Morgan fingerprint density at radius 3 is 2.48 bits per heavy atom. The molecule has 0 aromatic heterocycles.